The van der Waals surface area contributed by atoms with Gasteiger partial charge in [0.05, 0.1) is 13.2 Å². The highest BCUT2D eigenvalue weighted by molar-refractivity contribution is 9.10. The molecule has 0 bridgehead atoms. The van der Waals surface area contributed by atoms with Crippen molar-refractivity contribution in [2.45, 2.75) is 5.92 Å². The van der Waals surface area contributed by atoms with Crippen LogP contribution in [0.4, 0.5) is 0 Å². The Balaban J connectivity index is 2.14. The summed E-state index contributed by atoms with van der Waals surface area (Å²) in [5.74, 6) is 0.381. The van der Waals surface area contributed by atoms with Crippen molar-refractivity contribution in [1.29, 1.82) is 0 Å². The Morgan fingerprint density at radius 3 is 2.69 bits per heavy atom. The van der Waals surface area contributed by atoms with E-state index in [0.29, 0.717) is 12.7 Å². The fraction of sp³-hybridized carbons (Fsp3) is 0.400. The molecule has 2 rings (SSSR count). The normalized spacial score (nSPS) is 18.8. The lowest BCUT2D eigenvalue weighted by Gasteiger charge is -2.22. The Labute approximate surface area is 86.0 Å². The van der Waals surface area contributed by atoms with E-state index in [0.717, 1.165) is 17.7 Å². The van der Waals surface area contributed by atoms with Crippen molar-refractivity contribution < 1.29 is 9.47 Å². The molecule has 0 saturated carbocycles. The number of halogens is 1. The second-order valence-electron chi connectivity index (χ2n) is 3.11. The van der Waals surface area contributed by atoms with Gasteiger partial charge in [0, 0.05) is 10.4 Å². The van der Waals surface area contributed by atoms with Crippen LogP contribution in [-0.4, -0.2) is 20.0 Å². The monoisotopic (exact) mass is 242 g/mol. The fourth-order valence-electron chi connectivity index (χ4n) is 1.44. The van der Waals surface area contributed by atoms with Crippen LogP contribution in [0.2, 0.25) is 0 Å². The summed E-state index contributed by atoms with van der Waals surface area (Å²) in [6.07, 6.45) is 0. The summed E-state index contributed by atoms with van der Waals surface area (Å²) in [4.78, 5) is 0. The number of hydrogen-bond donors (Lipinski definition) is 0. The third-order valence-electron chi connectivity index (χ3n) is 2.12. The van der Waals surface area contributed by atoms with Crippen LogP contribution in [0.5, 0.6) is 0 Å². The average molecular weight is 243 g/mol. The molecule has 2 nitrogen and oxygen atoms in total. The molecule has 0 unspecified atom stereocenters. The fourth-order valence-corrected chi connectivity index (χ4v) is 1.86. The summed E-state index contributed by atoms with van der Waals surface area (Å²) >= 11 is 3.45. The first-order valence-electron chi connectivity index (χ1n) is 4.27. The zero-order valence-electron chi connectivity index (χ0n) is 7.20. The number of ether oxygens (including phenoxy) is 2. The summed E-state index contributed by atoms with van der Waals surface area (Å²) in [5.41, 5.74) is 1.27. The van der Waals surface area contributed by atoms with Crippen molar-refractivity contribution >= 4 is 15.9 Å². The smallest absolute Gasteiger partial charge is 0.146 e. The Kier molecular flexibility index (Phi) is 2.98. The number of benzene rings is 1. The second-order valence-corrected chi connectivity index (χ2v) is 4.03. The lowest BCUT2D eigenvalue weighted by atomic mass is 10.0. The van der Waals surface area contributed by atoms with E-state index in [1.54, 1.807) is 0 Å². The molecule has 3 heteroatoms. The van der Waals surface area contributed by atoms with Gasteiger partial charge >= 0.3 is 0 Å². The van der Waals surface area contributed by atoms with E-state index < -0.39 is 0 Å². The van der Waals surface area contributed by atoms with Crippen molar-refractivity contribution in [3.63, 3.8) is 0 Å². The van der Waals surface area contributed by atoms with E-state index in [-0.39, 0.29) is 0 Å². The minimum Gasteiger partial charge on any atom is -0.355 e. The van der Waals surface area contributed by atoms with E-state index in [9.17, 15) is 0 Å². The molecule has 0 radical (unpaired) electrons. The molecule has 0 spiro atoms. The zero-order valence-corrected chi connectivity index (χ0v) is 8.79. The average Bonchev–Trinajstić information content (AvgIpc) is 2.19. The van der Waals surface area contributed by atoms with Gasteiger partial charge in [-0.3, -0.25) is 0 Å². The number of hydrogen-bond acceptors (Lipinski definition) is 2. The molecule has 1 fully saturated rings. The maximum absolute atomic E-state index is 5.24. The van der Waals surface area contributed by atoms with Crippen molar-refractivity contribution in [2.75, 3.05) is 20.0 Å². The van der Waals surface area contributed by atoms with E-state index in [4.69, 9.17) is 9.47 Å². The lowest BCUT2D eigenvalue weighted by Crippen LogP contribution is -2.22. The van der Waals surface area contributed by atoms with Crippen LogP contribution in [0.25, 0.3) is 0 Å². The van der Waals surface area contributed by atoms with Gasteiger partial charge in [0.15, 0.2) is 0 Å². The van der Waals surface area contributed by atoms with E-state index in [2.05, 4.69) is 28.1 Å². The van der Waals surface area contributed by atoms with Crippen LogP contribution in [0.15, 0.2) is 28.7 Å². The summed E-state index contributed by atoms with van der Waals surface area (Å²) in [7, 11) is 0. The highest BCUT2D eigenvalue weighted by Crippen LogP contribution is 2.22. The maximum atomic E-state index is 5.24. The van der Waals surface area contributed by atoms with Gasteiger partial charge in [-0.25, -0.2) is 0 Å². The molecule has 1 aliphatic heterocycles. The molecule has 0 amide bonds. The largest absolute Gasteiger partial charge is 0.355 e. The first-order chi connectivity index (χ1) is 6.36. The molecule has 1 aromatic carbocycles. The van der Waals surface area contributed by atoms with E-state index in [1.165, 1.54) is 5.56 Å². The summed E-state index contributed by atoms with van der Waals surface area (Å²) in [6.45, 7) is 1.96. The zero-order chi connectivity index (χ0) is 9.10. The van der Waals surface area contributed by atoms with Crippen molar-refractivity contribution in [3.05, 3.63) is 34.3 Å². The summed E-state index contributed by atoms with van der Waals surface area (Å²) in [5, 5.41) is 0. The van der Waals surface area contributed by atoms with Gasteiger partial charge in [0.1, 0.15) is 6.79 Å². The van der Waals surface area contributed by atoms with Crippen LogP contribution in [-0.2, 0) is 9.47 Å². The summed E-state index contributed by atoms with van der Waals surface area (Å²) in [6, 6.07) is 8.28. The third kappa shape index (κ3) is 2.30. The summed E-state index contributed by atoms with van der Waals surface area (Å²) < 4.78 is 11.6. The highest BCUT2D eigenvalue weighted by Gasteiger charge is 2.16. The molecule has 1 heterocycles. The van der Waals surface area contributed by atoms with Gasteiger partial charge in [0.2, 0.25) is 0 Å². The molecule has 1 saturated heterocycles. The predicted octanol–water partition coefficient (Wildman–Crippen LogP) is 2.54. The van der Waals surface area contributed by atoms with Gasteiger partial charge in [0.25, 0.3) is 0 Å². The Hall–Kier alpha value is -0.380. The molecule has 1 aliphatic rings. The minimum absolute atomic E-state index is 0.381. The topological polar surface area (TPSA) is 18.5 Å². The van der Waals surface area contributed by atoms with Crippen molar-refractivity contribution in [2.24, 2.45) is 0 Å². The van der Waals surface area contributed by atoms with Gasteiger partial charge in [-0.1, -0.05) is 28.1 Å². The maximum Gasteiger partial charge on any atom is 0.146 e. The van der Waals surface area contributed by atoms with Gasteiger partial charge in [-0.2, -0.15) is 0 Å². The van der Waals surface area contributed by atoms with Gasteiger partial charge < -0.3 is 9.47 Å². The highest BCUT2D eigenvalue weighted by atomic mass is 79.9. The molecular weight excluding hydrogens is 232 g/mol. The molecule has 1 aromatic rings. The Morgan fingerprint density at radius 1 is 1.23 bits per heavy atom. The SMILES string of the molecule is Brc1cccc(C2COCOC2)c1. The molecule has 0 N–H and O–H groups in total. The van der Waals surface area contributed by atoms with Crippen LogP contribution in [0.3, 0.4) is 0 Å². The number of rotatable bonds is 1. The third-order valence-corrected chi connectivity index (χ3v) is 2.62. The molecule has 13 heavy (non-hydrogen) atoms. The van der Waals surface area contributed by atoms with Crippen LogP contribution >= 0.6 is 15.9 Å². The quantitative estimate of drug-likeness (QED) is 0.754. The first-order valence-corrected chi connectivity index (χ1v) is 5.06. The molecule has 70 valence electrons. The van der Waals surface area contributed by atoms with Gasteiger partial charge in [-0.05, 0) is 17.7 Å². The van der Waals surface area contributed by atoms with Crippen LogP contribution in [0.1, 0.15) is 11.5 Å². The standard InChI is InChI=1S/C10H11BrO2/c11-10-3-1-2-8(4-10)9-5-12-7-13-6-9/h1-4,9H,5-7H2. The minimum atomic E-state index is 0.381. The second kappa shape index (κ2) is 4.22. The molecule has 0 aliphatic carbocycles. The molecular formula is C10H11BrO2. The lowest BCUT2D eigenvalue weighted by molar-refractivity contribution is -0.108. The van der Waals surface area contributed by atoms with E-state index >= 15 is 0 Å². The Bertz CT molecular complexity index is 282. The predicted molar refractivity (Wildman–Crippen MR) is 53.7 cm³/mol. The van der Waals surface area contributed by atoms with Crippen molar-refractivity contribution in [3.8, 4) is 0 Å². The first kappa shape index (κ1) is 9.19. The van der Waals surface area contributed by atoms with Crippen LogP contribution < -0.4 is 0 Å². The van der Waals surface area contributed by atoms with E-state index in [1.807, 2.05) is 12.1 Å². The van der Waals surface area contributed by atoms with Crippen LogP contribution in [0, 0.1) is 0 Å². The Morgan fingerprint density at radius 2 is 2.00 bits per heavy atom. The molecule has 0 atom stereocenters. The van der Waals surface area contributed by atoms with Crippen molar-refractivity contribution in [1.82, 2.24) is 0 Å². The van der Waals surface area contributed by atoms with Gasteiger partial charge in [-0.15, -0.1) is 0 Å². The molecule has 0 aromatic heterocycles.